The Hall–Kier alpha value is -2.47. The van der Waals surface area contributed by atoms with Gasteiger partial charge in [0.15, 0.2) is 11.5 Å². The van der Waals surface area contributed by atoms with Crippen LogP contribution in [0.1, 0.15) is 31.2 Å². The summed E-state index contributed by atoms with van der Waals surface area (Å²) < 4.78 is 16.1. The Morgan fingerprint density at radius 1 is 1.15 bits per heavy atom. The highest BCUT2D eigenvalue weighted by atomic mass is 16.5. The minimum Gasteiger partial charge on any atom is -0.493 e. The number of nitrogens with one attached hydrogen (secondary N) is 1. The Morgan fingerprint density at radius 2 is 1.88 bits per heavy atom. The molecule has 0 aliphatic heterocycles. The maximum Gasteiger partial charge on any atom is 0.224 e. The molecule has 26 heavy (non-hydrogen) atoms. The predicted octanol–water partition coefficient (Wildman–Crippen LogP) is 3.04. The Kier molecular flexibility index (Phi) is 7.53. The fraction of sp³-hybridized carbons (Fsp3) is 0.450. The molecule has 0 saturated carbocycles. The van der Waals surface area contributed by atoms with Gasteiger partial charge in [-0.25, -0.2) is 0 Å². The van der Waals surface area contributed by atoms with Crippen LogP contribution in [0.3, 0.4) is 0 Å². The highest BCUT2D eigenvalue weighted by Gasteiger charge is 2.21. The van der Waals surface area contributed by atoms with Gasteiger partial charge in [0.2, 0.25) is 5.91 Å². The number of amides is 1. The van der Waals surface area contributed by atoms with Crippen LogP contribution in [-0.4, -0.2) is 44.7 Å². The molecule has 1 atom stereocenters. The number of furan rings is 1. The van der Waals surface area contributed by atoms with E-state index in [0.717, 1.165) is 24.4 Å². The van der Waals surface area contributed by atoms with E-state index in [1.807, 2.05) is 30.3 Å². The smallest absolute Gasteiger partial charge is 0.224 e. The van der Waals surface area contributed by atoms with Crippen LogP contribution in [0.2, 0.25) is 0 Å². The summed E-state index contributed by atoms with van der Waals surface area (Å²) in [7, 11) is 3.17. The zero-order valence-electron chi connectivity index (χ0n) is 16.0. The summed E-state index contributed by atoms with van der Waals surface area (Å²) in [5.41, 5.74) is 0.873. The SMILES string of the molecule is CCN(CC)C(CNC(=O)Cc1ccc(OC)c(OC)c1)c1ccco1. The van der Waals surface area contributed by atoms with Crippen LogP contribution >= 0.6 is 0 Å². The number of ether oxygens (including phenoxy) is 2. The maximum atomic E-state index is 12.4. The van der Waals surface area contributed by atoms with E-state index in [2.05, 4.69) is 24.1 Å². The zero-order chi connectivity index (χ0) is 18.9. The van der Waals surface area contributed by atoms with E-state index >= 15 is 0 Å². The molecule has 142 valence electrons. The lowest BCUT2D eigenvalue weighted by molar-refractivity contribution is -0.120. The van der Waals surface area contributed by atoms with E-state index in [1.165, 1.54) is 0 Å². The van der Waals surface area contributed by atoms with Gasteiger partial charge in [-0.05, 0) is 42.9 Å². The second-order valence-corrected chi connectivity index (χ2v) is 5.92. The lowest BCUT2D eigenvalue weighted by Gasteiger charge is -2.28. The van der Waals surface area contributed by atoms with Crippen LogP contribution in [-0.2, 0) is 11.2 Å². The Bertz CT molecular complexity index is 681. The number of carbonyl (C=O) groups is 1. The summed E-state index contributed by atoms with van der Waals surface area (Å²) >= 11 is 0. The molecule has 1 amide bonds. The minimum absolute atomic E-state index is 0.0225. The van der Waals surface area contributed by atoms with Gasteiger partial charge < -0.3 is 19.2 Å². The zero-order valence-corrected chi connectivity index (χ0v) is 16.0. The van der Waals surface area contributed by atoms with E-state index in [1.54, 1.807) is 20.5 Å². The second kappa shape index (κ2) is 9.87. The number of hydrogen-bond acceptors (Lipinski definition) is 5. The summed E-state index contributed by atoms with van der Waals surface area (Å²) in [5, 5.41) is 3.02. The van der Waals surface area contributed by atoms with Gasteiger partial charge in [-0.3, -0.25) is 9.69 Å². The van der Waals surface area contributed by atoms with Crippen LogP contribution in [0.5, 0.6) is 11.5 Å². The summed E-state index contributed by atoms with van der Waals surface area (Å²) in [5.74, 6) is 2.09. The number of rotatable bonds is 10. The van der Waals surface area contributed by atoms with Gasteiger partial charge in [0.05, 0.1) is 32.9 Å². The Labute approximate surface area is 155 Å². The fourth-order valence-corrected chi connectivity index (χ4v) is 3.00. The molecule has 0 fully saturated rings. The van der Waals surface area contributed by atoms with Gasteiger partial charge in [0.1, 0.15) is 5.76 Å². The van der Waals surface area contributed by atoms with Gasteiger partial charge in [0, 0.05) is 6.54 Å². The van der Waals surface area contributed by atoms with Gasteiger partial charge in [-0.2, -0.15) is 0 Å². The van der Waals surface area contributed by atoms with Crippen molar-refractivity contribution >= 4 is 5.91 Å². The van der Waals surface area contributed by atoms with Gasteiger partial charge in [-0.1, -0.05) is 19.9 Å². The number of likely N-dealkylation sites (N-methyl/N-ethyl adjacent to an activating group) is 1. The number of carbonyl (C=O) groups excluding carboxylic acids is 1. The summed E-state index contributed by atoms with van der Waals surface area (Å²) in [6, 6.07) is 9.35. The van der Waals surface area contributed by atoms with Crippen molar-refractivity contribution in [3.63, 3.8) is 0 Å². The van der Waals surface area contributed by atoms with Crippen molar-refractivity contribution in [1.29, 1.82) is 0 Å². The average Bonchev–Trinajstić information content (AvgIpc) is 3.19. The molecule has 1 N–H and O–H groups in total. The predicted molar refractivity (Wildman–Crippen MR) is 101 cm³/mol. The van der Waals surface area contributed by atoms with Crippen molar-refractivity contribution in [1.82, 2.24) is 10.2 Å². The van der Waals surface area contributed by atoms with Crippen LogP contribution in [0.25, 0.3) is 0 Å². The van der Waals surface area contributed by atoms with Crippen LogP contribution in [0.4, 0.5) is 0 Å². The third-order valence-electron chi connectivity index (χ3n) is 4.43. The lowest BCUT2D eigenvalue weighted by Crippen LogP contribution is -2.38. The van der Waals surface area contributed by atoms with Crippen molar-refractivity contribution in [2.75, 3.05) is 33.9 Å². The molecule has 0 spiro atoms. The van der Waals surface area contributed by atoms with E-state index in [9.17, 15) is 4.79 Å². The first-order valence-electron chi connectivity index (χ1n) is 8.87. The molecule has 6 nitrogen and oxygen atoms in total. The van der Waals surface area contributed by atoms with E-state index in [4.69, 9.17) is 13.9 Å². The molecule has 6 heteroatoms. The Morgan fingerprint density at radius 3 is 2.46 bits per heavy atom. The first kappa shape index (κ1) is 19.8. The largest absolute Gasteiger partial charge is 0.493 e. The molecule has 0 aliphatic carbocycles. The number of methoxy groups -OCH3 is 2. The standard InChI is InChI=1S/C20H28N2O4/c1-5-22(6-2)16(17-8-7-11-26-17)14-21-20(23)13-15-9-10-18(24-3)19(12-15)25-4/h7-12,16H,5-6,13-14H2,1-4H3,(H,21,23). The topological polar surface area (TPSA) is 63.9 Å². The second-order valence-electron chi connectivity index (χ2n) is 5.92. The normalized spacial score (nSPS) is 12.0. The monoisotopic (exact) mass is 360 g/mol. The number of nitrogens with zero attached hydrogens (tertiary/aromatic N) is 1. The van der Waals surface area contributed by atoms with Crippen LogP contribution in [0, 0.1) is 0 Å². The van der Waals surface area contributed by atoms with Crippen molar-refractivity contribution in [3.05, 3.63) is 47.9 Å². The molecule has 1 heterocycles. The molecular formula is C20H28N2O4. The molecule has 2 rings (SSSR count). The van der Waals surface area contributed by atoms with Crippen molar-refractivity contribution in [2.24, 2.45) is 0 Å². The van der Waals surface area contributed by atoms with Crippen molar-refractivity contribution < 1.29 is 18.7 Å². The highest BCUT2D eigenvalue weighted by Crippen LogP contribution is 2.27. The first-order valence-corrected chi connectivity index (χ1v) is 8.87. The lowest BCUT2D eigenvalue weighted by atomic mass is 10.1. The van der Waals surface area contributed by atoms with Gasteiger partial charge >= 0.3 is 0 Å². The molecule has 0 saturated heterocycles. The van der Waals surface area contributed by atoms with E-state index in [0.29, 0.717) is 18.0 Å². The van der Waals surface area contributed by atoms with Crippen LogP contribution in [0.15, 0.2) is 41.0 Å². The Balaban J connectivity index is 2.00. The molecule has 1 aromatic heterocycles. The van der Waals surface area contributed by atoms with Crippen LogP contribution < -0.4 is 14.8 Å². The quantitative estimate of drug-likeness (QED) is 0.706. The van der Waals surface area contributed by atoms with E-state index in [-0.39, 0.29) is 18.4 Å². The maximum absolute atomic E-state index is 12.4. The van der Waals surface area contributed by atoms with Gasteiger partial charge in [-0.15, -0.1) is 0 Å². The molecular weight excluding hydrogens is 332 g/mol. The molecule has 1 aromatic carbocycles. The minimum atomic E-state index is -0.0408. The third-order valence-corrected chi connectivity index (χ3v) is 4.43. The van der Waals surface area contributed by atoms with Crippen molar-refractivity contribution in [3.8, 4) is 11.5 Å². The van der Waals surface area contributed by atoms with Crippen molar-refractivity contribution in [2.45, 2.75) is 26.3 Å². The third kappa shape index (κ3) is 5.02. The molecule has 2 aromatic rings. The number of hydrogen-bond donors (Lipinski definition) is 1. The summed E-state index contributed by atoms with van der Waals surface area (Å²) in [6.45, 7) is 6.47. The number of benzene rings is 1. The average molecular weight is 360 g/mol. The fourth-order valence-electron chi connectivity index (χ4n) is 3.00. The van der Waals surface area contributed by atoms with E-state index < -0.39 is 0 Å². The highest BCUT2D eigenvalue weighted by molar-refractivity contribution is 5.78. The molecule has 0 radical (unpaired) electrons. The summed E-state index contributed by atoms with van der Waals surface area (Å²) in [4.78, 5) is 14.7. The van der Waals surface area contributed by atoms with Gasteiger partial charge in [0.25, 0.3) is 0 Å². The molecule has 1 unspecified atom stereocenters. The summed E-state index contributed by atoms with van der Waals surface area (Å²) in [6.07, 6.45) is 1.95. The molecule has 0 bridgehead atoms. The first-order chi connectivity index (χ1) is 12.6. The molecule has 0 aliphatic rings.